The van der Waals surface area contributed by atoms with Crippen LogP contribution in [0.2, 0.25) is 0 Å². The molecule has 0 saturated carbocycles. The summed E-state index contributed by atoms with van der Waals surface area (Å²) in [6, 6.07) is 4.16. The fourth-order valence-corrected chi connectivity index (χ4v) is 3.03. The third kappa shape index (κ3) is 4.54. The van der Waals surface area contributed by atoms with Gasteiger partial charge in [0, 0.05) is 39.6 Å². The molecule has 0 radical (unpaired) electrons. The standard InChI is InChI=1S/C16H23N3O2S/c1-20-8-3-9-21-12-13-4-2-7-19(11-13)15-5-6-18-16(22)14(15)10-17/h5-6,13H,2-4,7-9,11-12H2,1H3,(H,18,22)/t13-/m0/s1. The second kappa shape index (κ2) is 8.89. The van der Waals surface area contributed by atoms with Crippen LogP contribution in [-0.2, 0) is 9.47 Å². The van der Waals surface area contributed by atoms with Crippen molar-refractivity contribution in [3.63, 3.8) is 0 Å². The van der Waals surface area contributed by atoms with E-state index in [1.807, 2.05) is 12.3 Å². The van der Waals surface area contributed by atoms with E-state index < -0.39 is 0 Å². The van der Waals surface area contributed by atoms with E-state index in [1.165, 1.54) is 6.42 Å². The normalized spacial score (nSPS) is 18.2. The van der Waals surface area contributed by atoms with Gasteiger partial charge in [-0.3, -0.25) is 0 Å². The summed E-state index contributed by atoms with van der Waals surface area (Å²) >= 11 is 5.21. The van der Waals surface area contributed by atoms with Crippen molar-refractivity contribution in [2.45, 2.75) is 19.3 Å². The van der Waals surface area contributed by atoms with E-state index in [9.17, 15) is 5.26 Å². The molecule has 0 aliphatic carbocycles. The zero-order valence-electron chi connectivity index (χ0n) is 13.0. The number of methoxy groups -OCH3 is 1. The van der Waals surface area contributed by atoms with Gasteiger partial charge in [0.1, 0.15) is 16.3 Å². The summed E-state index contributed by atoms with van der Waals surface area (Å²) in [6.45, 7) is 4.13. The molecule has 1 aromatic rings. The van der Waals surface area contributed by atoms with Gasteiger partial charge in [-0.25, -0.2) is 0 Å². The SMILES string of the molecule is COCCCOC[C@H]1CCCN(c2cc[nH]c(=S)c2C#N)C1. The van der Waals surface area contributed by atoms with Crippen molar-refractivity contribution >= 4 is 17.9 Å². The Balaban J connectivity index is 1.92. The Hall–Kier alpha value is -1.42. The highest BCUT2D eigenvalue weighted by atomic mass is 32.1. The van der Waals surface area contributed by atoms with Crippen molar-refractivity contribution in [1.82, 2.24) is 4.98 Å². The molecule has 0 amide bonds. The number of hydrogen-bond acceptors (Lipinski definition) is 5. The van der Waals surface area contributed by atoms with Gasteiger partial charge in [0.05, 0.1) is 12.3 Å². The van der Waals surface area contributed by atoms with Crippen molar-refractivity contribution in [2.75, 3.05) is 44.9 Å². The number of anilines is 1. The Kier molecular flexibility index (Phi) is 6.84. The molecule has 1 fully saturated rings. The Bertz CT molecular complexity index is 567. The number of pyridine rings is 1. The molecule has 22 heavy (non-hydrogen) atoms. The van der Waals surface area contributed by atoms with E-state index in [0.717, 1.165) is 51.4 Å². The molecule has 0 bridgehead atoms. The van der Waals surface area contributed by atoms with Crippen LogP contribution in [0.5, 0.6) is 0 Å². The Morgan fingerprint density at radius 1 is 1.50 bits per heavy atom. The first-order chi connectivity index (χ1) is 10.8. The molecular weight excluding hydrogens is 298 g/mol. The number of piperidine rings is 1. The molecule has 2 heterocycles. The number of nitrogens with zero attached hydrogens (tertiary/aromatic N) is 2. The number of nitriles is 1. The average Bonchev–Trinajstić information content (AvgIpc) is 2.55. The molecule has 0 aromatic carbocycles. The lowest BCUT2D eigenvalue weighted by Gasteiger charge is -2.34. The summed E-state index contributed by atoms with van der Waals surface area (Å²) in [5.41, 5.74) is 1.51. The molecule has 1 aliphatic rings. The maximum Gasteiger partial charge on any atom is 0.123 e. The number of hydrogen-bond donors (Lipinski definition) is 1. The summed E-state index contributed by atoms with van der Waals surface area (Å²) in [7, 11) is 1.70. The van der Waals surface area contributed by atoms with Gasteiger partial charge in [0.25, 0.3) is 0 Å². The predicted molar refractivity (Wildman–Crippen MR) is 88.6 cm³/mol. The van der Waals surface area contributed by atoms with Gasteiger partial charge in [-0.2, -0.15) is 5.26 Å². The van der Waals surface area contributed by atoms with Gasteiger partial charge in [0.2, 0.25) is 0 Å². The highest BCUT2D eigenvalue weighted by molar-refractivity contribution is 7.71. The fourth-order valence-electron chi connectivity index (χ4n) is 2.81. The molecular formula is C16H23N3O2S. The average molecular weight is 321 g/mol. The van der Waals surface area contributed by atoms with Gasteiger partial charge in [-0.05, 0) is 31.2 Å². The third-order valence-electron chi connectivity index (χ3n) is 3.90. The number of H-pyrrole nitrogens is 1. The highest BCUT2D eigenvalue weighted by Gasteiger charge is 2.22. The first-order valence-corrected chi connectivity index (χ1v) is 8.10. The van der Waals surface area contributed by atoms with Crippen molar-refractivity contribution in [1.29, 1.82) is 5.26 Å². The summed E-state index contributed by atoms with van der Waals surface area (Å²) in [5.74, 6) is 0.501. The molecule has 2 rings (SSSR count). The zero-order valence-corrected chi connectivity index (χ0v) is 13.8. The Morgan fingerprint density at radius 2 is 2.36 bits per heavy atom. The summed E-state index contributed by atoms with van der Waals surface area (Å²) < 4.78 is 11.3. The lowest BCUT2D eigenvalue weighted by Crippen LogP contribution is -2.37. The van der Waals surface area contributed by atoms with E-state index in [4.69, 9.17) is 21.7 Å². The fraction of sp³-hybridized carbons (Fsp3) is 0.625. The van der Waals surface area contributed by atoms with E-state index in [1.54, 1.807) is 7.11 Å². The van der Waals surface area contributed by atoms with Crippen LogP contribution in [0.3, 0.4) is 0 Å². The summed E-state index contributed by atoms with van der Waals surface area (Å²) in [6.07, 6.45) is 5.02. The van der Waals surface area contributed by atoms with Crippen molar-refractivity contribution in [2.24, 2.45) is 5.92 Å². The van der Waals surface area contributed by atoms with E-state index in [0.29, 0.717) is 16.1 Å². The van der Waals surface area contributed by atoms with Crippen LogP contribution in [0, 0.1) is 21.9 Å². The Labute approximate surface area is 136 Å². The van der Waals surface area contributed by atoms with Crippen LogP contribution in [0.15, 0.2) is 12.3 Å². The molecule has 6 heteroatoms. The maximum atomic E-state index is 9.32. The van der Waals surface area contributed by atoms with Gasteiger partial charge >= 0.3 is 0 Å². The van der Waals surface area contributed by atoms with Gasteiger partial charge in [0.15, 0.2) is 0 Å². The van der Waals surface area contributed by atoms with Gasteiger partial charge < -0.3 is 19.4 Å². The third-order valence-corrected chi connectivity index (χ3v) is 4.22. The van der Waals surface area contributed by atoms with Crippen LogP contribution < -0.4 is 4.90 Å². The number of aromatic amines is 1. The molecule has 1 aromatic heterocycles. The number of nitrogens with one attached hydrogen (secondary N) is 1. The molecule has 0 spiro atoms. The topological polar surface area (TPSA) is 61.3 Å². The lowest BCUT2D eigenvalue weighted by atomic mass is 9.98. The minimum atomic E-state index is 0.501. The molecule has 1 N–H and O–H groups in total. The van der Waals surface area contributed by atoms with Crippen LogP contribution >= 0.6 is 12.2 Å². The number of aromatic nitrogens is 1. The molecule has 5 nitrogen and oxygen atoms in total. The molecule has 1 saturated heterocycles. The van der Waals surface area contributed by atoms with Crippen molar-refractivity contribution in [3.05, 3.63) is 22.5 Å². The van der Waals surface area contributed by atoms with E-state index in [2.05, 4.69) is 16.0 Å². The minimum Gasteiger partial charge on any atom is -0.385 e. The molecule has 0 unspecified atom stereocenters. The number of rotatable bonds is 7. The Morgan fingerprint density at radius 3 is 3.14 bits per heavy atom. The van der Waals surface area contributed by atoms with Gasteiger partial charge in [-0.1, -0.05) is 12.2 Å². The molecule has 1 aliphatic heterocycles. The van der Waals surface area contributed by atoms with Crippen molar-refractivity contribution in [3.8, 4) is 6.07 Å². The summed E-state index contributed by atoms with van der Waals surface area (Å²) in [4.78, 5) is 5.18. The first kappa shape index (κ1) is 16.9. The van der Waals surface area contributed by atoms with Crippen LogP contribution in [-0.4, -0.2) is 45.0 Å². The lowest BCUT2D eigenvalue weighted by molar-refractivity contribution is 0.0745. The summed E-state index contributed by atoms with van der Waals surface area (Å²) in [5, 5.41) is 9.32. The largest absolute Gasteiger partial charge is 0.385 e. The van der Waals surface area contributed by atoms with Gasteiger partial charge in [-0.15, -0.1) is 0 Å². The second-order valence-corrected chi connectivity index (χ2v) is 5.96. The van der Waals surface area contributed by atoms with E-state index >= 15 is 0 Å². The first-order valence-electron chi connectivity index (χ1n) is 7.69. The highest BCUT2D eigenvalue weighted by Crippen LogP contribution is 2.26. The predicted octanol–water partition coefficient (Wildman–Crippen LogP) is 2.89. The van der Waals surface area contributed by atoms with Crippen LogP contribution in [0.1, 0.15) is 24.8 Å². The molecule has 120 valence electrons. The monoisotopic (exact) mass is 321 g/mol. The molecule has 1 atom stereocenters. The van der Waals surface area contributed by atoms with Crippen molar-refractivity contribution < 1.29 is 9.47 Å². The smallest absolute Gasteiger partial charge is 0.123 e. The van der Waals surface area contributed by atoms with Crippen LogP contribution in [0.4, 0.5) is 5.69 Å². The zero-order chi connectivity index (χ0) is 15.8. The number of ether oxygens (including phenoxy) is 2. The van der Waals surface area contributed by atoms with Crippen LogP contribution in [0.25, 0.3) is 0 Å². The maximum absolute atomic E-state index is 9.32. The van der Waals surface area contributed by atoms with E-state index in [-0.39, 0.29) is 0 Å². The minimum absolute atomic E-state index is 0.501. The second-order valence-electron chi connectivity index (χ2n) is 5.55. The quantitative estimate of drug-likeness (QED) is 0.618.